The summed E-state index contributed by atoms with van der Waals surface area (Å²) in [5.74, 6) is -0.897. The topological polar surface area (TPSA) is 68.7 Å². The molecule has 0 aliphatic rings. The van der Waals surface area contributed by atoms with Crippen molar-refractivity contribution in [2.45, 2.75) is 78.8 Å². The smallest absolute Gasteiger partial charge is 0.315 e. The monoisotopic (exact) mass is 457 g/mol. The van der Waals surface area contributed by atoms with E-state index in [1.165, 1.54) is 0 Å². The molecule has 1 N–H and O–H groups in total. The fraction of sp³-hybridized carbons (Fsp3) is 0.538. The third-order valence-electron chi connectivity index (χ3n) is 6.78. The number of nitrogens with zero attached hydrogens (tertiary/aromatic N) is 1. The minimum absolute atomic E-state index is 0.00470. The Labute approximate surface area is 194 Å². The Morgan fingerprint density at radius 3 is 2.34 bits per heavy atom. The second kappa shape index (κ2) is 9.85. The average Bonchev–Trinajstić information content (AvgIpc) is 2.70. The van der Waals surface area contributed by atoms with Gasteiger partial charge in [0, 0.05) is 12.0 Å². The Morgan fingerprint density at radius 1 is 1.16 bits per heavy atom. The molecule has 1 heterocycles. The first-order chi connectivity index (χ1) is 14.7. The molecule has 5 nitrogen and oxygen atoms in total. The van der Waals surface area contributed by atoms with Gasteiger partial charge >= 0.3 is 5.97 Å². The van der Waals surface area contributed by atoms with Crippen molar-refractivity contribution in [2.24, 2.45) is 5.41 Å². The first-order valence-corrected chi connectivity index (χ1v) is 14.2. The lowest BCUT2D eigenvalue weighted by Gasteiger charge is -2.42. The van der Waals surface area contributed by atoms with E-state index in [4.69, 9.17) is 14.1 Å². The number of carboxylic acids is 1. The number of fused-ring (bicyclic) bond motifs is 1. The molecule has 32 heavy (non-hydrogen) atoms. The molecule has 3 unspecified atom stereocenters. The fourth-order valence-electron chi connectivity index (χ4n) is 3.21. The van der Waals surface area contributed by atoms with E-state index >= 15 is 0 Å². The normalized spacial score (nSPS) is 16.8. The highest BCUT2D eigenvalue weighted by Gasteiger charge is 2.44. The Hall–Kier alpha value is -2.02. The van der Waals surface area contributed by atoms with Gasteiger partial charge in [-0.15, -0.1) is 0 Å². The molecule has 0 amide bonds. The van der Waals surface area contributed by atoms with Gasteiger partial charge in [0.2, 0.25) is 0 Å². The zero-order valence-electron chi connectivity index (χ0n) is 21.0. The maximum absolute atomic E-state index is 12.3. The highest BCUT2D eigenvalue weighted by Crippen LogP contribution is 2.40. The summed E-state index contributed by atoms with van der Waals surface area (Å²) in [6.45, 7) is 18.9. The van der Waals surface area contributed by atoms with Crippen LogP contribution < -0.4 is 0 Å². The number of benzene rings is 1. The van der Waals surface area contributed by atoms with E-state index in [1.54, 1.807) is 13.0 Å². The van der Waals surface area contributed by atoms with Gasteiger partial charge in [0.15, 0.2) is 8.32 Å². The largest absolute Gasteiger partial charge is 0.481 e. The van der Waals surface area contributed by atoms with Crippen molar-refractivity contribution in [1.29, 1.82) is 0 Å². The number of hydrogen-bond acceptors (Lipinski definition) is 4. The lowest BCUT2D eigenvalue weighted by molar-refractivity contribution is -0.149. The van der Waals surface area contributed by atoms with Crippen molar-refractivity contribution in [3.05, 3.63) is 47.7 Å². The van der Waals surface area contributed by atoms with Gasteiger partial charge in [-0.25, -0.2) is 0 Å². The van der Waals surface area contributed by atoms with E-state index in [1.807, 2.05) is 57.2 Å². The van der Waals surface area contributed by atoms with E-state index in [-0.39, 0.29) is 11.1 Å². The van der Waals surface area contributed by atoms with Gasteiger partial charge in [-0.3, -0.25) is 9.78 Å². The molecule has 0 aliphatic carbocycles. The van der Waals surface area contributed by atoms with E-state index in [0.717, 1.165) is 22.2 Å². The summed E-state index contributed by atoms with van der Waals surface area (Å²) in [5.41, 5.74) is 1.49. The van der Waals surface area contributed by atoms with Gasteiger partial charge in [-0.2, -0.15) is 0 Å². The highest BCUT2D eigenvalue weighted by atomic mass is 28.4. The summed E-state index contributed by atoms with van der Waals surface area (Å²) >= 11 is 0. The van der Waals surface area contributed by atoms with Gasteiger partial charge in [0.1, 0.15) is 5.41 Å². The Bertz CT molecular complexity index is 979. The van der Waals surface area contributed by atoms with Crippen molar-refractivity contribution >= 4 is 31.3 Å². The maximum Gasteiger partial charge on any atom is 0.315 e. The van der Waals surface area contributed by atoms with E-state index in [2.05, 4.69) is 33.9 Å². The zero-order chi connectivity index (χ0) is 24.3. The van der Waals surface area contributed by atoms with E-state index in [9.17, 15) is 9.90 Å². The van der Waals surface area contributed by atoms with Crippen molar-refractivity contribution in [2.75, 3.05) is 6.61 Å². The quantitative estimate of drug-likeness (QED) is 0.417. The van der Waals surface area contributed by atoms with Crippen molar-refractivity contribution < 1.29 is 19.1 Å². The lowest BCUT2D eigenvalue weighted by Crippen LogP contribution is -2.49. The molecule has 0 bridgehead atoms. The number of aromatic nitrogens is 1. The molecule has 2 rings (SSSR count). The van der Waals surface area contributed by atoms with Crippen LogP contribution in [-0.2, 0) is 14.0 Å². The lowest BCUT2D eigenvalue weighted by atomic mass is 9.84. The molecular formula is C26H39NO4Si. The number of aliphatic carboxylic acids is 1. The molecule has 0 aliphatic heterocycles. The number of rotatable bonds is 9. The fourth-order valence-corrected chi connectivity index (χ4v) is 4.69. The molecule has 0 saturated carbocycles. The van der Waals surface area contributed by atoms with Crippen LogP contribution in [0.3, 0.4) is 0 Å². The molecule has 0 saturated heterocycles. The summed E-state index contributed by atoms with van der Waals surface area (Å²) in [6.07, 6.45) is 3.07. The molecule has 0 spiro atoms. The number of ether oxygens (including phenoxy) is 1. The van der Waals surface area contributed by atoms with Crippen molar-refractivity contribution in [1.82, 2.24) is 4.98 Å². The van der Waals surface area contributed by atoms with Crippen LogP contribution in [0.5, 0.6) is 0 Å². The summed E-state index contributed by atoms with van der Waals surface area (Å²) in [7, 11) is -2.11. The van der Waals surface area contributed by atoms with E-state index < -0.39 is 25.8 Å². The molecule has 3 atom stereocenters. The van der Waals surface area contributed by atoms with Gasteiger partial charge < -0.3 is 14.3 Å². The van der Waals surface area contributed by atoms with Crippen LogP contribution in [0.2, 0.25) is 18.1 Å². The molecule has 2 aromatic rings. The molecule has 6 heteroatoms. The van der Waals surface area contributed by atoms with Crippen LogP contribution >= 0.6 is 0 Å². The molecule has 1 aromatic carbocycles. The van der Waals surface area contributed by atoms with E-state index in [0.29, 0.717) is 6.61 Å². The minimum atomic E-state index is -2.11. The van der Waals surface area contributed by atoms with Crippen LogP contribution in [-0.4, -0.2) is 37.1 Å². The number of carbonyl (C=O) groups is 1. The van der Waals surface area contributed by atoms with Gasteiger partial charge in [0.05, 0.1) is 23.4 Å². The van der Waals surface area contributed by atoms with Crippen LogP contribution in [0.1, 0.15) is 65.8 Å². The first kappa shape index (κ1) is 26.2. The third kappa shape index (κ3) is 5.85. The van der Waals surface area contributed by atoms with Gasteiger partial charge in [-0.1, -0.05) is 51.1 Å². The standard InChI is InChI=1S/C26H39NO4Si/c1-10-30-18(2)22-14-13-21-12-11-20(17-23(21)27-22)15-16-26(7,24(28)29)19(3)31-32(8,9)25(4,5)6/h11-19H,10H2,1-9H3,(H,28,29). The van der Waals surface area contributed by atoms with Gasteiger partial charge in [-0.05, 0) is 63.5 Å². The minimum Gasteiger partial charge on any atom is -0.481 e. The molecule has 0 fully saturated rings. The number of hydrogen-bond donors (Lipinski definition) is 1. The van der Waals surface area contributed by atoms with Crippen molar-refractivity contribution in [3.63, 3.8) is 0 Å². The number of carboxylic acid groups (broad SMARTS) is 1. The summed E-state index contributed by atoms with van der Waals surface area (Å²) in [4.78, 5) is 17.0. The third-order valence-corrected chi connectivity index (χ3v) is 11.3. The van der Waals surface area contributed by atoms with Crippen LogP contribution in [0.4, 0.5) is 0 Å². The number of pyridine rings is 1. The molecule has 1 aromatic heterocycles. The second-order valence-electron chi connectivity index (χ2n) is 10.2. The predicted molar refractivity (Wildman–Crippen MR) is 134 cm³/mol. The van der Waals surface area contributed by atoms with Crippen LogP contribution in [0.15, 0.2) is 36.4 Å². The molecular weight excluding hydrogens is 418 g/mol. The summed E-state index contributed by atoms with van der Waals surface area (Å²) < 4.78 is 12.1. The Kier molecular flexibility index (Phi) is 8.08. The molecule has 176 valence electrons. The van der Waals surface area contributed by atoms with Crippen molar-refractivity contribution in [3.8, 4) is 0 Å². The van der Waals surface area contributed by atoms with Crippen LogP contribution in [0.25, 0.3) is 17.0 Å². The SMILES string of the molecule is CCOC(C)c1ccc2ccc(C=CC(C)(C(=O)O)C(C)O[Si](C)(C)C(C)(C)C)cc2n1. The summed E-state index contributed by atoms with van der Waals surface area (Å²) in [6, 6.07) is 9.99. The Morgan fingerprint density at radius 2 is 1.78 bits per heavy atom. The Balaban J connectivity index is 2.35. The zero-order valence-corrected chi connectivity index (χ0v) is 22.0. The first-order valence-electron chi connectivity index (χ1n) is 11.3. The second-order valence-corrected chi connectivity index (χ2v) is 15.0. The summed E-state index contributed by atoms with van der Waals surface area (Å²) in [5, 5.41) is 11.1. The highest BCUT2D eigenvalue weighted by molar-refractivity contribution is 6.74. The van der Waals surface area contributed by atoms with Gasteiger partial charge in [0.25, 0.3) is 0 Å². The average molecular weight is 458 g/mol. The predicted octanol–water partition coefficient (Wildman–Crippen LogP) is 6.85. The van der Waals surface area contributed by atoms with Crippen LogP contribution in [0, 0.1) is 5.41 Å². The molecule has 0 radical (unpaired) electrons. The maximum atomic E-state index is 12.3.